The van der Waals surface area contributed by atoms with E-state index < -0.39 is 0 Å². The van der Waals surface area contributed by atoms with Gasteiger partial charge in [0.15, 0.2) is 0 Å². The average Bonchev–Trinajstić information content (AvgIpc) is 2.25. The van der Waals surface area contributed by atoms with Crippen LogP contribution in [0.3, 0.4) is 0 Å². The second-order valence-electron chi connectivity index (χ2n) is 2.76. The highest BCUT2D eigenvalue weighted by Gasteiger charge is 2.01. The molecule has 1 rings (SSSR count). The fraction of sp³-hybridized carbons (Fsp3) is 0.200. The van der Waals surface area contributed by atoms with Gasteiger partial charge >= 0.3 is 0 Å². The van der Waals surface area contributed by atoms with Crippen molar-refractivity contribution in [3.8, 4) is 0 Å². The molecule has 0 aliphatic carbocycles. The van der Waals surface area contributed by atoms with Gasteiger partial charge in [0.05, 0.1) is 7.11 Å². The van der Waals surface area contributed by atoms with Crippen LogP contribution < -0.4 is 0 Å². The number of nitrogens with zero attached hydrogens (tertiary/aromatic N) is 2. The molecule has 0 N–H and O–H groups in total. The Morgan fingerprint density at radius 3 is 3.00 bits per heavy atom. The van der Waals surface area contributed by atoms with E-state index in [-0.39, 0.29) is 5.91 Å². The molecule has 15 heavy (non-hydrogen) atoms. The molecule has 0 radical (unpaired) electrons. The Morgan fingerprint density at radius 1 is 1.67 bits per heavy atom. The molecule has 80 valence electrons. The van der Waals surface area contributed by atoms with Crippen LogP contribution in [0.2, 0.25) is 0 Å². The average molecular weight is 271 g/mol. The lowest BCUT2D eigenvalue weighted by Gasteiger charge is -2.09. The summed E-state index contributed by atoms with van der Waals surface area (Å²) in [7, 11) is 2.99. The molecular formula is C10H11BrN2O2. The third kappa shape index (κ3) is 3.81. The highest BCUT2D eigenvalue weighted by atomic mass is 79.9. The van der Waals surface area contributed by atoms with Gasteiger partial charge in [-0.2, -0.15) is 0 Å². The van der Waals surface area contributed by atoms with Gasteiger partial charge in [-0.1, -0.05) is 0 Å². The van der Waals surface area contributed by atoms with E-state index >= 15 is 0 Å². The molecule has 0 fully saturated rings. The molecule has 0 spiro atoms. The Kier molecular flexibility index (Phi) is 4.45. The quantitative estimate of drug-likeness (QED) is 0.479. The van der Waals surface area contributed by atoms with Gasteiger partial charge in [0.1, 0.15) is 4.60 Å². The second kappa shape index (κ2) is 5.63. The van der Waals surface area contributed by atoms with Crippen molar-refractivity contribution >= 4 is 27.9 Å². The van der Waals surface area contributed by atoms with Gasteiger partial charge in [-0.25, -0.2) is 10.0 Å². The maximum atomic E-state index is 11.3. The minimum Gasteiger partial charge on any atom is -0.274 e. The van der Waals surface area contributed by atoms with Gasteiger partial charge in [0, 0.05) is 19.3 Å². The summed E-state index contributed by atoms with van der Waals surface area (Å²) in [5.41, 5.74) is 0.898. The normalized spacial score (nSPS) is 10.6. The van der Waals surface area contributed by atoms with Crippen molar-refractivity contribution in [2.75, 3.05) is 14.2 Å². The zero-order valence-electron chi connectivity index (χ0n) is 8.48. The summed E-state index contributed by atoms with van der Waals surface area (Å²) < 4.78 is 0.734. The van der Waals surface area contributed by atoms with Crippen LogP contribution in [0.4, 0.5) is 0 Å². The van der Waals surface area contributed by atoms with Gasteiger partial charge < -0.3 is 0 Å². The minimum atomic E-state index is -0.217. The molecule has 0 aliphatic rings. The predicted molar refractivity (Wildman–Crippen MR) is 60.8 cm³/mol. The van der Waals surface area contributed by atoms with Crippen LogP contribution in [0, 0.1) is 0 Å². The third-order valence-corrected chi connectivity index (χ3v) is 2.19. The van der Waals surface area contributed by atoms with E-state index in [4.69, 9.17) is 4.84 Å². The lowest BCUT2D eigenvalue weighted by atomic mass is 10.2. The van der Waals surface area contributed by atoms with E-state index in [2.05, 4.69) is 20.9 Å². The van der Waals surface area contributed by atoms with Gasteiger partial charge in [0.25, 0.3) is 5.91 Å². The van der Waals surface area contributed by atoms with Crippen LogP contribution in [0.15, 0.2) is 29.0 Å². The summed E-state index contributed by atoms with van der Waals surface area (Å²) in [4.78, 5) is 20.0. The van der Waals surface area contributed by atoms with E-state index in [1.807, 2.05) is 6.07 Å². The summed E-state index contributed by atoms with van der Waals surface area (Å²) in [6.45, 7) is 0. The van der Waals surface area contributed by atoms with Crippen molar-refractivity contribution in [3.63, 3.8) is 0 Å². The van der Waals surface area contributed by atoms with Crippen LogP contribution in [0.25, 0.3) is 6.08 Å². The number of hydrogen-bond donors (Lipinski definition) is 0. The smallest absolute Gasteiger partial charge is 0.269 e. The zero-order valence-corrected chi connectivity index (χ0v) is 10.1. The number of carbonyl (C=O) groups is 1. The number of rotatable bonds is 3. The van der Waals surface area contributed by atoms with Crippen molar-refractivity contribution in [2.45, 2.75) is 0 Å². The Hall–Kier alpha value is -1.20. The first-order valence-corrected chi connectivity index (χ1v) is 5.04. The molecule has 1 heterocycles. The first-order valence-electron chi connectivity index (χ1n) is 4.25. The fourth-order valence-corrected chi connectivity index (χ4v) is 1.27. The second-order valence-corrected chi connectivity index (χ2v) is 3.58. The Bertz CT molecular complexity index is 379. The summed E-state index contributed by atoms with van der Waals surface area (Å²) in [5.74, 6) is -0.217. The maximum Gasteiger partial charge on any atom is 0.269 e. The fourth-order valence-electron chi connectivity index (χ4n) is 0.884. The standard InChI is InChI=1S/C10H11BrN2O2/c1-13(15-2)10(14)4-3-8-5-6-12-9(11)7-8/h3-7H,1-2H3/b4-3+. The van der Waals surface area contributed by atoms with E-state index in [1.54, 1.807) is 25.4 Å². The highest BCUT2D eigenvalue weighted by molar-refractivity contribution is 9.10. The van der Waals surface area contributed by atoms with E-state index in [9.17, 15) is 4.79 Å². The van der Waals surface area contributed by atoms with Crippen molar-refractivity contribution < 1.29 is 9.63 Å². The van der Waals surface area contributed by atoms with Gasteiger partial charge in [-0.15, -0.1) is 0 Å². The Labute approximate surface area is 96.6 Å². The summed E-state index contributed by atoms with van der Waals surface area (Å²) in [6, 6.07) is 3.62. The molecule has 0 saturated heterocycles. The highest BCUT2D eigenvalue weighted by Crippen LogP contribution is 2.09. The molecule has 0 atom stereocenters. The Morgan fingerprint density at radius 2 is 2.40 bits per heavy atom. The molecule has 1 aromatic rings. The monoisotopic (exact) mass is 270 g/mol. The number of halogens is 1. The van der Waals surface area contributed by atoms with Crippen molar-refractivity contribution in [2.24, 2.45) is 0 Å². The zero-order chi connectivity index (χ0) is 11.3. The summed E-state index contributed by atoms with van der Waals surface area (Å²) in [5, 5.41) is 1.15. The van der Waals surface area contributed by atoms with E-state index in [0.717, 1.165) is 15.2 Å². The third-order valence-electron chi connectivity index (χ3n) is 1.75. The molecule has 1 aromatic heterocycles. The summed E-state index contributed by atoms with van der Waals surface area (Å²) >= 11 is 3.25. The largest absolute Gasteiger partial charge is 0.274 e. The topological polar surface area (TPSA) is 42.4 Å². The number of aromatic nitrogens is 1. The van der Waals surface area contributed by atoms with E-state index in [1.165, 1.54) is 13.2 Å². The number of amides is 1. The lowest BCUT2D eigenvalue weighted by molar-refractivity contribution is -0.162. The molecule has 0 saturated carbocycles. The number of carbonyl (C=O) groups excluding carboxylic acids is 1. The first kappa shape index (κ1) is 11.9. The molecule has 0 aromatic carbocycles. The van der Waals surface area contributed by atoms with Crippen molar-refractivity contribution in [3.05, 3.63) is 34.6 Å². The molecule has 4 nitrogen and oxygen atoms in total. The van der Waals surface area contributed by atoms with Gasteiger partial charge in [-0.05, 0) is 39.7 Å². The molecule has 0 bridgehead atoms. The van der Waals surface area contributed by atoms with Crippen LogP contribution in [-0.2, 0) is 9.63 Å². The molecule has 0 aliphatic heterocycles. The molecule has 0 unspecified atom stereocenters. The molecular weight excluding hydrogens is 260 g/mol. The van der Waals surface area contributed by atoms with Crippen LogP contribution in [0.1, 0.15) is 5.56 Å². The minimum absolute atomic E-state index is 0.217. The van der Waals surface area contributed by atoms with E-state index in [0.29, 0.717) is 0 Å². The number of hydrogen-bond acceptors (Lipinski definition) is 3. The van der Waals surface area contributed by atoms with Crippen molar-refractivity contribution in [1.82, 2.24) is 10.0 Å². The first-order chi connectivity index (χ1) is 7.13. The Balaban J connectivity index is 2.69. The number of hydroxylamine groups is 2. The van der Waals surface area contributed by atoms with Crippen LogP contribution in [0.5, 0.6) is 0 Å². The summed E-state index contributed by atoms with van der Waals surface area (Å²) in [6.07, 6.45) is 4.80. The van der Waals surface area contributed by atoms with Crippen molar-refractivity contribution in [1.29, 1.82) is 0 Å². The number of likely N-dealkylation sites (N-methyl/N-ethyl adjacent to an activating group) is 1. The van der Waals surface area contributed by atoms with Crippen LogP contribution in [-0.4, -0.2) is 30.1 Å². The number of pyridine rings is 1. The maximum absolute atomic E-state index is 11.3. The van der Waals surface area contributed by atoms with Crippen LogP contribution >= 0.6 is 15.9 Å². The molecule has 1 amide bonds. The lowest BCUT2D eigenvalue weighted by Crippen LogP contribution is -2.22. The van der Waals surface area contributed by atoms with Gasteiger partial charge in [-0.3, -0.25) is 9.63 Å². The van der Waals surface area contributed by atoms with Gasteiger partial charge in [0.2, 0.25) is 0 Å². The molecule has 5 heteroatoms. The predicted octanol–water partition coefficient (Wildman–Crippen LogP) is 1.88. The SMILES string of the molecule is CON(C)C(=O)/C=C/c1ccnc(Br)c1.